The van der Waals surface area contributed by atoms with Gasteiger partial charge in [-0.3, -0.25) is 4.79 Å². The maximum atomic E-state index is 11.2. The first-order chi connectivity index (χ1) is 7.88. The van der Waals surface area contributed by atoms with Crippen molar-refractivity contribution in [3.8, 4) is 11.3 Å². The van der Waals surface area contributed by atoms with E-state index < -0.39 is 0 Å². The molecule has 2 rings (SSSR count). The van der Waals surface area contributed by atoms with Crippen LogP contribution >= 0.6 is 11.3 Å². The first-order valence-electron chi connectivity index (χ1n) is 5.67. The Kier molecular flexibility index (Phi) is 2.96. The highest BCUT2D eigenvalue weighted by atomic mass is 32.1. The minimum atomic E-state index is -0.000650. The summed E-state index contributed by atoms with van der Waals surface area (Å²) in [5.74, 6) is 0. The van der Waals surface area contributed by atoms with Crippen molar-refractivity contribution >= 4 is 11.3 Å². The lowest BCUT2D eigenvalue weighted by molar-refractivity contribution is 0.590. The molecule has 0 saturated heterocycles. The van der Waals surface area contributed by atoms with Crippen LogP contribution in [0.4, 0.5) is 0 Å². The Hall–Kier alpha value is -1.35. The van der Waals surface area contributed by atoms with Gasteiger partial charge in [-0.15, -0.1) is 0 Å². The van der Waals surface area contributed by atoms with Crippen molar-refractivity contribution < 1.29 is 0 Å². The van der Waals surface area contributed by atoms with Crippen molar-refractivity contribution in [1.29, 1.82) is 0 Å². The number of aromatic nitrogens is 1. The van der Waals surface area contributed by atoms with Gasteiger partial charge in [0.25, 0.3) is 0 Å². The Bertz CT molecular complexity index is 587. The average molecular weight is 247 g/mol. The maximum Gasteiger partial charge on any atom is 0.304 e. The number of nitrogens with one attached hydrogen (secondary N) is 1. The molecule has 17 heavy (non-hydrogen) atoms. The summed E-state index contributed by atoms with van der Waals surface area (Å²) in [6.07, 6.45) is 0. The van der Waals surface area contributed by atoms with Gasteiger partial charge in [-0.2, -0.15) is 0 Å². The van der Waals surface area contributed by atoms with E-state index in [0.717, 1.165) is 11.3 Å². The summed E-state index contributed by atoms with van der Waals surface area (Å²) < 4.78 is 0. The maximum absolute atomic E-state index is 11.2. The van der Waals surface area contributed by atoms with Gasteiger partial charge < -0.3 is 4.98 Å². The quantitative estimate of drug-likeness (QED) is 0.818. The van der Waals surface area contributed by atoms with Gasteiger partial charge in [-0.05, 0) is 23.5 Å². The van der Waals surface area contributed by atoms with E-state index in [4.69, 9.17) is 0 Å². The van der Waals surface area contributed by atoms with Crippen LogP contribution < -0.4 is 4.87 Å². The number of benzene rings is 1. The van der Waals surface area contributed by atoms with Gasteiger partial charge in [0.15, 0.2) is 0 Å². The van der Waals surface area contributed by atoms with Crippen molar-refractivity contribution in [3.63, 3.8) is 0 Å². The lowest BCUT2D eigenvalue weighted by Gasteiger charge is -2.20. The molecule has 1 N–H and O–H groups in total. The van der Waals surface area contributed by atoms with E-state index in [2.05, 4.69) is 50.9 Å². The molecule has 0 spiro atoms. The number of hydrogen-bond donors (Lipinski definition) is 1. The van der Waals surface area contributed by atoms with Crippen molar-refractivity contribution in [3.05, 3.63) is 44.4 Å². The van der Waals surface area contributed by atoms with Crippen LogP contribution in [0.3, 0.4) is 0 Å². The largest absolute Gasteiger partial charge is 0.312 e. The minimum Gasteiger partial charge on any atom is -0.312 e. The molecule has 0 aliphatic heterocycles. The molecule has 1 heterocycles. The smallest absolute Gasteiger partial charge is 0.304 e. The van der Waals surface area contributed by atoms with E-state index in [1.54, 1.807) is 0 Å². The molecule has 0 fully saturated rings. The van der Waals surface area contributed by atoms with E-state index in [1.807, 2.05) is 5.38 Å². The lowest BCUT2D eigenvalue weighted by atomic mass is 9.85. The molecule has 0 unspecified atom stereocenters. The van der Waals surface area contributed by atoms with Crippen LogP contribution in [0.2, 0.25) is 0 Å². The van der Waals surface area contributed by atoms with Gasteiger partial charge in [-0.1, -0.05) is 50.3 Å². The second-order valence-corrected chi connectivity index (χ2v) is 6.18. The van der Waals surface area contributed by atoms with Crippen LogP contribution in [-0.4, -0.2) is 4.98 Å². The zero-order valence-corrected chi connectivity index (χ0v) is 11.4. The lowest BCUT2D eigenvalue weighted by Crippen LogP contribution is -2.11. The first kappa shape index (κ1) is 12.1. The molecule has 0 radical (unpaired) electrons. The molecule has 90 valence electrons. The molecule has 0 saturated carbocycles. The predicted molar refractivity (Wildman–Crippen MR) is 73.8 cm³/mol. The normalized spacial score (nSPS) is 11.8. The topological polar surface area (TPSA) is 32.9 Å². The number of rotatable bonds is 1. The molecule has 2 nitrogen and oxygen atoms in total. The molecule has 0 atom stereocenters. The third-order valence-corrected chi connectivity index (χ3v) is 3.57. The molecule has 1 aromatic carbocycles. The molecule has 0 amide bonds. The van der Waals surface area contributed by atoms with Crippen LogP contribution in [0.15, 0.2) is 28.4 Å². The first-order valence-corrected chi connectivity index (χ1v) is 6.55. The number of H-pyrrole nitrogens is 1. The van der Waals surface area contributed by atoms with Crippen molar-refractivity contribution in [1.82, 2.24) is 4.98 Å². The Morgan fingerprint density at radius 2 is 1.94 bits per heavy atom. The summed E-state index contributed by atoms with van der Waals surface area (Å²) >= 11 is 1.21. The predicted octanol–water partition coefficient (Wildman–Crippen LogP) is 3.71. The second-order valence-electron chi connectivity index (χ2n) is 5.34. The van der Waals surface area contributed by atoms with Gasteiger partial charge in [0.2, 0.25) is 0 Å². The fraction of sp³-hybridized carbons (Fsp3) is 0.357. The van der Waals surface area contributed by atoms with Gasteiger partial charge in [0, 0.05) is 10.9 Å². The molecular formula is C14H17NOS. The third kappa shape index (κ3) is 2.50. The minimum absolute atomic E-state index is 0.000650. The summed E-state index contributed by atoms with van der Waals surface area (Å²) in [5, 5.41) is 1.88. The molecule has 1 aromatic heterocycles. The summed E-state index contributed by atoms with van der Waals surface area (Å²) in [6, 6.07) is 6.43. The molecule has 0 aliphatic carbocycles. The van der Waals surface area contributed by atoms with E-state index in [9.17, 15) is 4.79 Å². The highest BCUT2D eigenvalue weighted by molar-refractivity contribution is 7.07. The fourth-order valence-corrected chi connectivity index (χ4v) is 2.42. The highest BCUT2D eigenvalue weighted by Crippen LogP contribution is 2.28. The van der Waals surface area contributed by atoms with E-state index in [-0.39, 0.29) is 10.3 Å². The van der Waals surface area contributed by atoms with Crippen LogP contribution in [0.25, 0.3) is 11.3 Å². The number of aromatic amines is 1. The molecule has 0 aliphatic rings. The van der Waals surface area contributed by atoms with Gasteiger partial charge >= 0.3 is 4.87 Å². The molecule has 2 aromatic rings. The van der Waals surface area contributed by atoms with Crippen molar-refractivity contribution in [2.45, 2.75) is 33.1 Å². The zero-order chi connectivity index (χ0) is 12.6. The van der Waals surface area contributed by atoms with Crippen molar-refractivity contribution in [2.24, 2.45) is 0 Å². The summed E-state index contributed by atoms with van der Waals surface area (Å²) in [6.45, 7) is 8.69. The van der Waals surface area contributed by atoms with Crippen LogP contribution in [0.1, 0.15) is 31.9 Å². The summed E-state index contributed by atoms with van der Waals surface area (Å²) in [4.78, 5) is 14.0. The standard InChI is InChI=1S/C14H17NOS/c1-9-7-10(14(2,3)4)5-6-11(9)12-8-17-13(16)15-12/h5-8H,1-4H3,(H,15,16). The van der Waals surface area contributed by atoms with E-state index in [1.165, 1.54) is 22.5 Å². The number of hydrogen-bond acceptors (Lipinski definition) is 2. The Labute approximate surface area is 105 Å². The zero-order valence-electron chi connectivity index (χ0n) is 10.6. The van der Waals surface area contributed by atoms with Gasteiger partial charge in [-0.25, -0.2) is 0 Å². The van der Waals surface area contributed by atoms with Gasteiger partial charge in [0.1, 0.15) is 0 Å². The molecule has 3 heteroatoms. The fourth-order valence-electron chi connectivity index (χ4n) is 1.84. The van der Waals surface area contributed by atoms with Gasteiger partial charge in [0.05, 0.1) is 5.69 Å². The van der Waals surface area contributed by atoms with E-state index >= 15 is 0 Å². The van der Waals surface area contributed by atoms with Crippen LogP contribution in [0.5, 0.6) is 0 Å². The SMILES string of the molecule is Cc1cc(C(C)(C)C)ccc1-c1csc(=O)[nH]1. The Morgan fingerprint density at radius 1 is 1.24 bits per heavy atom. The number of aryl methyl sites for hydroxylation is 1. The van der Waals surface area contributed by atoms with Crippen molar-refractivity contribution in [2.75, 3.05) is 0 Å². The van der Waals surface area contributed by atoms with Crippen LogP contribution in [0, 0.1) is 6.92 Å². The highest BCUT2D eigenvalue weighted by Gasteiger charge is 2.15. The number of thiazole rings is 1. The van der Waals surface area contributed by atoms with Crippen LogP contribution in [-0.2, 0) is 5.41 Å². The molecule has 0 bridgehead atoms. The van der Waals surface area contributed by atoms with E-state index in [0.29, 0.717) is 0 Å². The third-order valence-electron chi connectivity index (χ3n) is 2.90. The Balaban J connectivity index is 2.49. The average Bonchev–Trinajstić information content (AvgIpc) is 2.63. The Morgan fingerprint density at radius 3 is 2.41 bits per heavy atom. The summed E-state index contributed by atoms with van der Waals surface area (Å²) in [7, 11) is 0. The second kappa shape index (κ2) is 4.15. The summed E-state index contributed by atoms with van der Waals surface area (Å²) in [5.41, 5.74) is 4.70. The molecular weight excluding hydrogens is 230 g/mol. The monoisotopic (exact) mass is 247 g/mol.